The zero-order chi connectivity index (χ0) is 17.6. The van der Waals surface area contributed by atoms with Crippen molar-refractivity contribution in [3.05, 3.63) is 47.3 Å². The fraction of sp³-hybridized carbons (Fsp3) is 0.474. The first-order valence-electron chi connectivity index (χ1n) is 8.73. The number of anilines is 1. The highest BCUT2D eigenvalue weighted by Crippen LogP contribution is 2.21. The summed E-state index contributed by atoms with van der Waals surface area (Å²) < 4.78 is 11.7. The van der Waals surface area contributed by atoms with Crippen molar-refractivity contribution in [1.29, 1.82) is 0 Å². The van der Waals surface area contributed by atoms with Crippen LogP contribution in [0.2, 0.25) is 0 Å². The maximum Gasteiger partial charge on any atom is 0.223 e. The molecule has 0 unspecified atom stereocenters. The van der Waals surface area contributed by atoms with E-state index in [9.17, 15) is 0 Å². The molecule has 0 spiro atoms. The van der Waals surface area contributed by atoms with Crippen LogP contribution in [-0.4, -0.2) is 40.4 Å². The topological polar surface area (TPSA) is 76.5 Å². The number of nitrogens with one attached hydrogen (secondary N) is 1. The third-order valence-corrected chi connectivity index (χ3v) is 4.41. The van der Waals surface area contributed by atoms with E-state index in [0.29, 0.717) is 19.2 Å². The van der Waals surface area contributed by atoms with Gasteiger partial charge in [0.1, 0.15) is 11.9 Å². The van der Waals surface area contributed by atoms with Crippen molar-refractivity contribution in [2.24, 2.45) is 0 Å². The third-order valence-electron chi connectivity index (χ3n) is 4.41. The van der Waals surface area contributed by atoms with Gasteiger partial charge in [-0.2, -0.15) is 0 Å². The monoisotopic (exact) mass is 343 g/mol. The van der Waals surface area contributed by atoms with E-state index >= 15 is 0 Å². The highest BCUT2D eigenvalue weighted by atomic mass is 16.5. The Balaban J connectivity index is 1.69. The van der Waals surface area contributed by atoms with Crippen molar-refractivity contribution in [3.63, 3.8) is 0 Å². The lowest BCUT2D eigenvalue weighted by molar-refractivity contribution is 0.0145. The lowest BCUT2D eigenvalue weighted by Gasteiger charge is -2.32. The predicted molar refractivity (Wildman–Crippen MR) is 95.8 cm³/mol. The van der Waals surface area contributed by atoms with Crippen LogP contribution in [0.15, 0.2) is 30.5 Å². The van der Waals surface area contributed by atoms with Crippen LogP contribution in [-0.2, 0) is 17.8 Å². The van der Waals surface area contributed by atoms with E-state index in [1.54, 1.807) is 0 Å². The number of aryl methyl sites for hydroxylation is 2. The number of aromatic nitrogens is 2. The normalized spacial score (nSPS) is 20.3. The third kappa shape index (κ3) is 4.46. The number of benzene rings is 1. The number of rotatable bonds is 6. The summed E-state index contributed by atoms with van der Waals surface area (Å²) in [6.45, 7) is 5.37. The summed E-state index contributed by atoms with van der Waals surface area (Å²) in [7, 11) is 0. The molecule has 1 fully saturated rings. The van der Waals surface area contributed by atoms with E-state index in [2.05, 4.69) is 22.2 Å². The second-order valence-electron chi connectivity index (χ2n) is 6.25. The Morgan fingerprint density at radius 2 is 2.12 bits per heavy atom. The molecule has 134 valence electrons. The van der Waals surface area contributed by atoms with Crippen molar-refractivity contribution in [2.75, 3.05) is 18.5 Å². The Kier molecular flexibility index (Phi) is 5.83. The van der Waals surface area contributed by atoms with Gasteiger partial charge >= 0.3 is 0 Å². The zero-order valence-corrected chi connectivity index (χ0v) is 14.7. The summed E-state index contributed by atoms with van der Waals surface area (Å²) in [5.74, 6) is 1.40. The van der Waals surface area contributed by atoms with Gasteiger partial charge in [-0.3, -0.25) is 0 Å². The van der Waals surface area contributed by atoms with Crippen molar-refractivity contribution in [2.45, 2.75) is 45.4 Å². The SMILES string of the molecule is CCc1nc(N[C@@H]2COCC[C@H]2Oc2ccc(CO)cc2)ncc1C. The number of hydrogen-bond donors (Lipinski definition) is 2. The maximum atomic E-state index is 9.14. The molecule has 0 amide bonds. The largest absolute Gasteiger partial charge is 0.488 e. The summed E-state index contributed by atoms with van der Waals surface area (Å²) in [5.41, 5.74) is 3.02. The summed E-state index contributed by atoms with van der Waals surface area (Å²) in [6, 6.07) is 7.49. The molecule has 1 saturated heterocycles. The van der Waals surface area contributed by atoms with Gasteiger partial charge in [-0.1, -0.05) is 19.1 Å². The summed E-state index contributed by atoms with van der Waals surface area (Å²) in [6.07, 6.45) is 3.50. The Hall–Kier alpha value is -2.18. The molecule has 3 rings (SSSR count). The molecule has 2 aromatic rings. The molecule has 6 heteroatoms. The molecule has 6 nitrogen and oxygen atoms in total. The van der Waals surface area contributed by atoms with E-state index < -0.39 is 0 Å². The van der Waals surface area contributed by atoms with Gasteiger partial charge in [0.2, 0.25) is 5.95 Å². The van der Waals surface area contributed by atoms with Crippen LogP contribution < -0.4 is 10.1 Å². The summed E-state index contributed by atoms with van der Waals surface area (Å²) >= 11 is 0. The molecule has 25 heavy (non-hydrogen) atoms. The molecule has 0 radical (unpaired) electrons. The fourth-order valence-corrected chi connectivity index (χ4v) is 2.91. The Morgan fingerprint density at radius 3 is 2.84 bits per heavy atom. The quantitative estimate of drug-likeness (QED) is 0.839. The molecule has 2 N–H and O–H groups in total. The minimum atomic E-state index is -0.0243. The molecule has 1 aliphatic heterocycles. The van der Waals surface area contributed by atoms with E-state index in [1.165, 1.54) is 0 Å². The average molecular weight is 343 g/mol. The van der Waals surface area contributed by atoms with Gasteiger partial charge in [-0.25, -0.2) is 9.97 Å². The fourth-order valence-electron chi connectivity index (χ4n) is 2.91. The van der Waals surface area contributed by atoms with Crippen molar-refractivity contribution < 1.29 is 14.6 Å². The molecule has 0 saturated carbocycles. The first-order valence-corrected chi connectivity index (χ1v) is 8.73. The molecular formula is C19H25N3O3. The first kappa shape index (κ1) is 17.6. The number of aliphatic hydroxyl groups is 1. The van der Waals surface area contributed by atoms with Crippen LogP contribution in [0.25, 0.3) is 0 Å². The number of nitrogens with zero attached hydrogens (tertiary/aromatic N) is 2. The van der Waals surface area contributed by atoms with E-state index in [4.69, 9.17) is 14.6 Å². The van der Waals surface area contributed by atoms with Gasteiger partial charge in [0.05, 0.1) is 25.9 Å². The Morgan fingerprint density at radius 1 is 1.32 bits per heavy atom. The second kappa shape index (κ2) is 8.27. The van der Waals surface area contributed by atoms with E-state index in [1.807, 2.05) is 37.4 Å². The molecule has 0 aliphatic carbocycles. The number of hydrogen-bond acceptors (Lipinski definition) is 6. The van der Waals surface area contributed by atoms with Gasteiger partial charge < -0.3 is 19.9 Å². The Labute approximate surface area is 148 Å². The lowest BCUT2D eigenvalue weighted by atomic mass is 10.1. The smallest absolute Gasteiger partial charge is 0.223 e. The minimum absolute atomic E-state index is 0.0151. The molecule has 1 aliphatic rings. The first-order chi connectivity index (χ1) is 12.2. The molecule has 1 aromatic carbocycles. The highest BCUT2D eigenvalue weighted by Gasteiger charge is 2.28. The molecular weight excluding hydrogens is 318 g/mol. The van der Waals surface area contributed by atoms with Crippen molar-refractivity contribution >= 4 is 5.95 Å². The average Bonchev–Trinajstić information content (AvgIpc) is 2.65. The van der Waals surface area contributed by atoms with E-state index in [-0.39, 0.29) is 18.8 Å². The zero-order valence-electron chi connectivity index (χ0n) is 14.7. The lowest BCUT2D eigenvalue weighted by Crippen LogP contribution is -2.46. The highest BCUT2D eigenvalue weighted by molar-refractivity contribution is 5.32. The van der Waals surface area contributed by atoms with Crippen LogP contribution in [0.3, 0.4) is 0 Å². The predicted octanol–water partition coefficient (Wildman–Crippen LogP) is 2.49. The van der Waals surface area contributed by atoms with Crippen LogP contribution in [0.4, 0.5) is 5.95 Å². The van der Waals surface area contributed by atoms with Crippen LogP contribution >= 0.6 is 0 Å². The maximum absolute atomic E-state index is 9.14. The number of aliphatic hydroxyl groups excluding tert-OH is 1. The van der Waals surface area contributed by atoms with Crippen molar-refractivity contribution in [3.8, 4) is 5.75 Å². The van der Waals surface area contributed by atoms with Gasteiger partial charge in [0.25, 0.3) is 0 Å². The van der Waals surface area contributed by atoms with Gasteiger partial charge in [0.15, 0.2) is 0 Å². The van der Waals surface area contributed by atoms with Crippen LogP contribution in [0.5, 0.6) is 5.75 Å². The second-order valence-corrected chi connectivity index (χ2v) is 6.25. The van der Waals surface area contributed by atoms with Gasteiger partial charge in [-0.05, 0) is 36.6 Å². The van der Waals surface area contributed by atoms with Crippen LogP contribution in [0, 0.1) is 6.92 Å². The van der Waals surface area contributed by atoms with Gasteiger partial charge in [-0.15, -0.1) is 0 Å². The standard InChI is InChI=1S/C19H25N3O3/c1-3-16-13(2)10-20-19(21-16)22-17-12-24-9-8-18(17)25-15-6-4-14(11-23)5-7-15/h4-7,10,17-18,23H,3,8-9,11-12H2,1-2H3,(H,20,21,22)/t17-,18-/m1/s1. The van der Waals surface area contributed by atoms with Gasteiger partial charge in [0, 0.05) is 18.3 Å². The molecule has 1 aromatic heterocycles. The Bertz CT molecular complexity index is 691. The molecule has 2 atom stereocenters. The minimum Gasteiger partial charge on any atom is -0.488 e. The molecule has 2 heterocycles. The summed E-state index contributed by atoms with van der Waals surface area (Å²) in [4.78, 5) is 8.97. The number of ether oxygens (including phenoxy) is 2. The van der Waals surface area contributed by atoms with Crippen LogP contribution in [0.1, 0.15) is 30.2 Å². The molecule has 0 bridgehead atoms. The summed E-state index contributed by atoms with van der Waals surface area (Å²) in [5, 5.41) is 12.5. The van der Waals surface area contributed by atoms with E-state index in [0.717, 1.165) is 35.4 Å². The van der Waals surface area contributed by atoms with Crippen molar-refractivity contribution in [1.82, 2.24) is 9.97 Å².